The predicted octanol–water partition coefficient (Wildman–Crippen LogP) is 4.23. The van der Waals surface area contributed by atoms with Gasteiger partial charge in [-0.05, 0) is 31.9 Å². The smallest absolute Gasteiger partial charge is 0.410 e. The second-order valence-electron chi connectivity index (χ2n) is 7.34. The van der Waals surface area contributed by atoms with Crippen molar-refractivity contribution < 1.29 is 23.6 Å². The number of halogens is 1. The van der Waals surface area contributed by atoms with Crippen LogP contribution in [0.15, 0.2) is 28.8 Å². The lowest BCUT2D eigenvalue weighted by Gasteiger charge is -2.26. The summed E-state index contributed by atoms with van der Waals surface area (Å²) in [6.07, 6.45) is 0.00269. The molecular weight excluding hydrogens is 468 g/mol. The molecule has 1 aliphatic heterocycles. The molecule has 0 saturated heterocycles. The predicted molar refractivity (Wildman–Crippen MR) is 124 cm³/mol. The number of anilines is 1. The molecule has 0 saturated carbocycles. The van der Waals surface area contributed by atoms with Crippen molar-refractivity contribution in [3.05, 3.63) is 56.6 Å². The summed E-state index contributed by atoms with van der Waals surface area (Å²) in [6.45, 7) is 4.28. The first-order valence-corrected chi connectivity index (χ1v) is 11.4. The molecule has 0 unspecified atom stereocenters. The molecule has 0 radical (unpaired) electrons. The molecule has 1 aromatic carbocycles. The summed E-state index contributed by atoms with van der Waals surface area (Å²) in [5.74, 6) is -0.856. The van der Waals surface area contributed by atoms with E-state index in [-0.39, 0.29) is 24.3 Å². The van der Waals surface area contributed by atoms with E-state index in [9.17, 15) is 14.4 Å². The maximum Gasteiger partial charge on any atom is 0.410 e. The van der Waals surface area contributed by atoms with Crippen LogP contribution in [0.4, 0.5) is 9.80 Å². The normalized spacial score (nSPS) is 12.9. The van der Waals surface area contributed by atoms with Gasteiger partial charge in [-0.1, -0.05) is 35.0 Å². The first-order chi connectivity index (χ1) is 15.8. The average Bonchev–Trinajstić information content (AvgIpc) is 3.33. The summed E-state index contributed by atoms with van der Waals surface area (Å²) >= 11 is 7.49. The Kier molecular flexibility index (Phi) is 6.39. The number of aryl methyl sites for hydroxylation is 1. The standard InChI is InChI=1S/C22H21ClN4O5S/c1-3-31-22(30)27-9-8-13-15(10-27)33-21(17(13)19(24)28)25-20(29)16-11(2)32-26-18(16)12-6-4-5-7-14(12)23/h4-7H,3,8-10H2,1-2H3,(H2,24,28)(H,25,29). The number of benzene rings is 1. The van der Waals surface area contributed by atoms with Gasteiger partial charge in [0.05, 0.1) is 23.7 Å². The van der Waals surface area contributed by atoms with Crippen LogP contribution in [0, 0.1) is 6.92 Å². The van der Waals surface area contributed by atoms with Gasteiger partial charge >= 0.3 is 6.09 Å². The largest absolute Gasteiger partial charge is 0.450 e. The first-order valence-electron chi connectivity index (χ1n) is 10.2. The van der Waals surface area contributed by atoms with Crippen molar-refractivity contribution in [2.75, 3.05) is 18.5 Å². The Morgan fingerprint density at radius 2 is 2.06 bits per heavy atom. The molecule has 3 N–H and O–H groups in total. The molecular formula is C22H21ClN4O5S. The van der Waals surface area contributed by atoms with Gasteiger partial charge in [-0.3, -0.25) is 9.59 Å². The number of carbonyl (C=O) groups is 3. The fraction of sp³-hybridized carbons (Fsp3) is 0.273. The molecule has 3 amide bonds. The second kappa shape index (κ2) is 9.24. The van der Waals surface area contributed by atoms with Crippen molar-refractivity contribution in [3.8, 4) is 11.3 Å². The van der Waals surface area contributed by atoms with E-state index in [1.54, 1.807) is 43.0 Å². The lowest BCUT2D eigenvalue weighted by molar-refractivity contribution is 0.0997. The molecule has 0 bridgehead atoms. The minimum absolute atomic E-state index is 0.207. The molecule has 2 aromatic heterocycles. The Balaban J connectivity index is 1.67. The number of thiophene rings is 1. The van der Waals surface area contributed by atoms with Gasteiger partial charge < -0.3 is 25.2 Å². The number of nitrogens with two attached hydrogens (primary N) is 1. The molecule has 3 aromatic rings. The highest BCUT2D eigenvalue weighted by Crippen LogP contribution is 2.38. The van der Waals surface area contributed by atoms with Crippen LogP contribution >= 0.6 is 22.9 Å². The zero-order chi connectivity index (χ0) is 23.7. The molecule has 1 aliphatic rings. The van der Waals surface area contributed by atoms with Crippen molar-refractivity contribution in [2.45, 2.75) is 26.8 Å². The zero-order valence-corrected chi connectivity index (χ0v) is 19.5. The highest BCUT2D eigenvalue weighted by molar-refractivity contribution is 7.17. The number of fused-ring (bicyclic) bond motifs is 1. The summed E-state index contributed by atoms with van der Waals surface area (Å²) < 4.78 is 10.3. The van der Waals surface area contributed by atoms with E-state index in [1.165, 1.54) is 11.3 Å². The monoisotopic (exact) mass is 488 g/mol. The van der Waals surface area contributed by atoms with Gasteiger partial charge in [-0.15, -0.1) is 11.3 Å². The van der Waals surface area contributed by atoms with Crippen LogP contribution in [0.1, 0.15) is 43.8 Å². The molecule has 0 aliphatic carbocycles. The molecule has 33 heavy (non-hydrogen) atoms. The van der Waals surface area contributed by atoms with Crippen LogP contribution in [0.3, 0.4) is 0 Å². The van der Waals surface area contributed by atoms with Gasteiger partial charge in [-0.2, -0.15) is 0 Å². The molecule has 0 atom stereocenters. The van der Waals surface area contributed by atoms with Crippen LogP contribution < -0.4 is 11.1 Å². The minimum atomic E-state index is -0.652. The maximum atomic E-state index is 13.3. The van der Waals surface area contributed by atoms with Crippen LogP contribution in [0.2, 0.25) is 5.02 Å². The fourth-order valence-electron chi connectivity index (χ4n) is 3.77. The number of amides is 3. The number of nitrogens with one attached hydrogen (secondary N) is 1. The van der Waals surface area contributed by atoms with E-state index in [0.717, 1.165) is 10.4 Å². The van der Waals surface area contributed by atoms with Crippen molar-refractivity contribution in [1.29, 1.82) is 0 Å². The molecule has 0 fully saturated rings. The van der Waals surface area contributed by atoms with Gasteiger partial charge in [-0.25, -0.2) is 4.79 Å². The number of hydrogen-bond donors (Lipinski definition) is 2. The van der Waals surface area contributed by atoms with E-state index >= 15 is 0 Å². The highest BCUT2D eigenvalue weighted by Gasteiger charge is 2.31. The van der Waals surface area contributed by atoms with E-state index < -0.39 is 17.9 Å². The van der Waals surface area contributed by atoms with E-state index in [1.807, 2.05) is 0 Å². The quantitative estimate of drug-likeness (QED) is 0.553. The average molecular weight is 489 g/mol. The van der Waals surface area contributed by atoms with Crippen molar-refractivity contribution in [2.24, 2.45) is 5.73 Å². The Labute approximate surface area is 198 Å². The van der Waals surface area contributed by atoms with Crippen molar-refractivity contribution in [1.82, 2.24) is 10.1 Å². The van der Waals surface area contributed by atoms with Crippen molar-refractivity contribution in [3.63, 3.8) is 0 Å². The molecule has 3 heterocycles. The first kappa shape index (κ1) is 22.8. The number of primary amides is 1. The zero-order valence-electron chi connectivity index (χ0n) is 17.9. The lowest BCUT2D eigenvalue weighted by Crippen LogP contribution is -2.36. The number of rotatable bonds is 5. The number of ether oxygens (including phenoxy) is 1. The molecule has 172 valence electrons. The number of aromatic nitrogens is 1. The lowest BCUT2D eigenvalue weighted by atomic mass is 10.0. The van der Waals surface area contributed by atoms with E-state index in [2.05, 4.69) is 10.5 Å². The molecule has 0 spiro atoms. The summed E-state index contributed by atoms with van der Waals surface area (Å²) in [4.78, 5) is 40.0. The molecule has 4 rings (SSSR count). The molecule has 9 nitrogen and oxygen atoms in total. The highest BCUT2D eigenvalue weighted by atomic mass is 35.5. The fourth-order valence-corrected chi connectivity index (χ4v) is 5.25. The van der Waals surface area contributed by atoms with Crippen molar-refractivity contribution >= 4 is 45.8 Å². The maximum absolute atomic E-state index is 13.3. The topological polar surface area (TPSA) is 128 Å². The van der Waals surface area contributed by atoms with Crippen LogP contribution in [0.25, 0.3) is 11.3 Å². The van der Waals surface area contributed by atoms with Gasteiger partial charge in [0, 0.05) is 17.0 Å². The van der Waals surface area contributed by atoms with Gasteiger partial charge in [0.25, 0.3) is 11.8 Å². The SMILES string of the molecule is CCOC(=O)N1CCc2c(sc(NC(=O)c3c(-c4ccccc4Cl)noc3C)c2C(N)=O)C1. The third-order valence-electron chi connectivity index (χ3n) is 5.28. The second-order valence-corrected chi connectivity index (χ2v) is 8.85. The van der Waals surface area contributed by atoms with Gasteiger partial charge in [0.1, 0.15) is 22.0 Å². The van der Waals surface area contributed by atoms with Gasteiger partial charge in [0.2, 0.25) is 0 Å². The molecule has 11 heteroatoms. The summed E-state index contributed by atoms with van der Waals surface area (Å²) in [7, 11) is 0. The van der Waals surface area contributed by atoms with E-state index in [0.29, 0.717) is 40.0 Å². The number of hydrogen-bond acceptors (Lipinski definition) is 7. The van der Waals surface area contributed by atoms with Crippen LogP contribution in [0.5, 0.6) is 0 Å². The van der Waals surface area contributed by atoms with E-state index in [4.69, 9.17) is 26.6 Å². The van der Waals surface area contributed by atoms with Gasteiger partial charge in [0.15, 0.2) is 0 Å². The number of nitrogens with zero attached hydrogens (tertiary/aromatic N) is 2. The van der Waals surface area contributed by atoms with Crippen LogP contribution in [-0.4, -0.2) is 41.1 Å². The Morgan fingerprint density at radius 3 is 2.76 bits per heavy atom. The Hall–Kier alpha value is -3.37. The Bertz CT molecular complexity index is 1250. The summed E-state index contributed by atoms with van der Waals surface area (Å²) in [6, 6.07) is 6.98. The summed E-state index contributed by atoms with van der Waals surface area (Å²) in [5, 5.41) is 7.54. The summed E-state index contributed by atoms with van der Waals surface area (Å²) in [5.41, 5.74) is 7.69. The van der Waals surface area contributed by atoms with Crippen LogP contribution in [-0.2, 0) is 17.7 Å². The third-order valence-corrected chi connectivity index (χ3v) is 6.74. The number of carbonyl (C=O) groups excluding carboxylic acids is 3. The minimum Gasteiger partial charge on any atom is -0.450 e. The Morgan fingerprint density at radius 1 is 1.30 bits per heavy atom. The third kappa shape index (κ3) is 4.31.